The van der Waals surface area contributed by atoms with Gasteiger partial charge in [0.05, 0.1) is 18.4 Å². The maximum absolute atomic E-state index is 13.3. The molecule has 0 spiro atoms. The SMILES string of the molecule is CC1=CC[C@H]2C(=O)N(N(Cc3ccccc3)C(=O)c3ccc(Cl)cc3)C(=O)[C@H]2C1. The number of halogens is 1. The first kappa shape index (κ1) is 19.4. The van der Waals surface area contributed by atoms with Gasteiger partial charge in [0.1, 0.15) is 0 Å². The second kappa shape index (κ2) is 7.84. The largest absolute Gasteiger partial charge is 0.273 e. The Morgan fingerprint density at radius 3 is 2.38 bits per heavy atom. The van der Waals surface area contributed by atoms with E-state index in [0.717, 1.165) is 16.1 Å². The zero-order chi connectivity index (χ0) is 20.5. The fourth-order valence-corrected chi connectivity index (χ4v) is 4.12. The molecule has 5 nitrogen and oxygen atoms in total. The first-order valence-electron chi connectivity index (χ1n) is 9.60. The van der Waals surface area contributed by atoms with E-state index in [1.54, 1.807) is 24.3 Å². The van der Waals surface area contributed by atoms with Crippen molar-refractivity contribution in [2.45, 2.75) is 26.3 Å². The van der Waals surface area contributed by atoms with Crippen LogP contribution in [0, 0.1) is 11.8 Å². The smallest absolute Gasteiger partial charge is 0.272 e. The summed E-state index contributed by atoms with van der Waals surface area (Å²) in [5.41, 5.74) is 2.31. The highest BCUT2D eigenvalue weighted by Gasteiger charge is 2.51. The quantitative estimate of drug-likeness (QED) is 0.561. The second-order valence-electron chi connectivity index (χ2n) is 7.55. The number of hydrogen-bond donors (Lipinski definition) is 0. The van der Waals surface area contributed by atoms with E-state index in [1.807, 2.05) is 43.3 Å². The molecule has 1 aliphatic carbocycles. The number of hydrazine groups is 1. The topological polar surface area (TPSA) is 57.7 Å². The number of carbonyl (C=O) groups is 3. The molecule has 3 amide bonds. The molecular formula is C23H21ClN2O3. The average Bonchev–Trinajstić information content (AvgIpc) is 2.97. The van der Waals surface area contributed by atoms with Gasteiger partial charge in [-0.25, -0.2) is 5.01 Å². The molecule has 2 atom stereocenters. The Morgan fingerprint density at radius 2 is 1.69 bits per heavy atom. The molecule has 2 aliphatic rings. The van der Waals surface area contributed by atoms with Crippen molar-refractivity contribution in [3.8, 4) is 0 Å². The predicted octanol–water partition coefficient (Wildman–Crippen LogP) is 4.24. The van der Waals surface area contributed by atoms with Crippen LogP contribution in [0.15, 0.2) is 66.2 Å². The number of allylic oxidation sites excluding steroid dienone is 2. The molecule has 0 aromatic heterocycles. The van der Waals surface area contributed by atoms with Crippen LogP contribution in [0.1, 0.15) is 35.7 Å². The molecule has 1 fully saturated rings. The summed E-state index contributed by atoms with van der Waals surface area (Å²) in [6, 6.07) is 15.8. The van der Waals surface area contributed by atoms with E-state index in [-0.39, 0.29) is 18.4 Å². The Balaban J connectivity index is 1.70. The third kappa shape index (κ3) is 3.70. The van der Waals surface area contributed by atoms with Crippen LogP contribution in [-0.4, -0.2) is 27.7 Å². The number of fused-ring (bicyclic) bond motifs is 1. The highest BCUT2D eigenvalue weighted by Crippen LogP contribution is 2.39. The van der Waals surface area contributed by atoms with Gasteiger partial charge in [-0.3, -0.25) is 14.4 Å². The monoisotopic (exact) mass is 408 g/mol. The summed E-state index contributed by atoms with van der Waals surface area (Å²) in [5.74, 6) is -1.81. The Bertz CT molecular complexity index is 985. The molecular weight excluding hydrogens is 388 g/mol. The standard InChI is InChI=1S/C23H21ClN2O3/c1-15-7-12-19-20(13-15)23(29)26(22(19)28)25(14-16-5-3-2-4-6-16)21(27)17-8-10-18(24)11-9-17/h2-11,19-20H,12-14H2,1H3/t19-,20+/m1/s1. The first-order valence-corrected chi connectivity index (χ1v) is 9.98. The summed E-state index contributed by atoms with van der Waals surface area (Å²) < 4.78 is 0. The van der Waals surface area contributed by atoms with Crippen LogP contribution in [0.2, 0.25) is 5.02 Å². The summed E-state index contributed by atoms with van der Waals surface area (Å²) in [5, 5.41) is 2.86. The van der Waals surface area contributed by atoms with Crippen molar-refractivity contribution >= 4 is 29.3 Å². The Labute approximate surface area is 174 Å². The van der Waals surface area contributed by atoms with E-state index in [9.17, 15) is 14.4 Å². The second-order valence-corrected chi connectivity index (χ2v) is 7.98. The van der Waals surface area contributed by atoms with Gasteiger partial charge in [0.15, 0.2) is 0 Å². The van der Waals surface area contributed by atoms with Crippen LogP contribution in [0.5, 0.6) is 0 Å². The van der Waals surface area contributed by atoms with Crippen molar-refractivity contribution < 1.29 is 14.4 Å². The summed E-state index contributed by atoms with van der Waals surface area (Å²) in [4.78, 5) is 39.7. The van der Waals surface area contributed by atoms with Crippen molar-refractivity contribution in [1.82, 2.24) is 10.0 Å². The van der Waals surface area contributed by atoms with Gasteiger partial charge in [-0.2, -0.15) is 5.01 Å². The Morgan fingerprint density at radius 1 is 1.03 bits per heavy atom. The van der Waals surface area contributed by atoms with Crippen LogP contribution in [0.3, 0.4) is 0 Å². The average molecular weight is 409 g/mol. The number of benzene rings is 2. The first-order chi connectivity index (χ1) is 14.0. The van der Waals surface area contributed by atoms with Gasteiger partial charge in [-0.1, -0.05) is 53.6 Å². The lowest BCUT2D eigenvalue weighted by Crippen LogP contribution is -2.49. The van der Waals surface area contributed by atoms with Gasteiger partial charge in [-0.15, -0.1) is 0 Å². The maximum atomic E-state index is 13.3. The summed E-state index contributed by atoms with van der Waals surface area (Å²) in [6.07, 6.45) is 3.10. The van der Waals surface area contributed by atoms with Gasteiger partial charge in [0.25, 0.3) is 17.7 Å². The zero-order valence-electron chi connectivity index (χ0n) is 16.0. The van der Waals surface area contributed by atoms with Crippen LogP contribution in [0.25, 0.3) is 0 Å². The van der Waals surface area contributed by atoms with Crippen molar-refractivity contribution in [3.63, 3.8) is 0 Å². The van der Waals surface area contributed by atoms with Crippen molar-refractivity contribution in [3.05, 3.63) is 82.4 Å². The molecule has 0 radical (unpaired) electrons. The predicted molar refractivity (Wildman–Crippen MR) is 110 cm³/mol. The maximum Gasteiger partial charge on any atom is 0.273 e. The van der Waals surface area contributed by atoms with E-state index >= 15 is 0 Å². The highest BCUT2D eigenvalue weighted by molar-refractivity contribution is 6.30. The lowest BCUT2D eigenvalue weighted by Gasteiger charge is -2.30. The van der Waals surface area contributed by atoms with E-state index < -0.39 is 17.7 Å². The molecule has 1 saturated heterocycles. The molecule has 29 heavy (non-hydrogen) atoms. The molecule has 1 heterocycles. The van der Waals surface area contributed by atoms with Gasteiger partial charge < -0.3 is 0 Å². The number of nitrogens with zero attached hydrogens (tertiary/aromatic N) is 2. The number of imide groups is 1. The molecule has 0 N–H and O–H groups in total. The fourth-order valence-electron chi connectivity index (χ4n) is 3.99. The molecule has 2 aromatic rings. The van der Waals surface area contributed by atoms with Crippen LogP contribution in [0.4, 0.5) is 0 Å². The van der Waals surface area contributed by atoms with E-state index in [4.69, 9.17) is 11.6 Å². The van der Waals surface area contributed by atoms with Crippen LogP contribution >= 0.6 is 11.6 Å². The summed E-state index contributed by atoms with van der Waals surface area (Å²) >= 11 is 5.95. The van der Waals surface area contributed by atoms with E-state index in [1.165, 1.54) is 5.01 Å². The summed E-state index contributed by atoms with van der Waals surface area (Å²) in [7, 11) is 0. The third-order valence-corrected chi connectivity index (χ3v) is 5.79. The van der Waals surface area contributed by atoms with Crippen molar-refractivity contribution in [2.24, 2.45) is 11.8 Å². The fraction of sp³-hybridized carbons (Fsp3) is 0.261. The molecule has 6 heteroatoms. The van der Waals surface area contributed by atoms with E-state index in [0.29, 0.717) is 23.4 Å². The van der Waals surface area contributed by atoms with Gasteiger partial charge >= 0.3 is 0 Å². The van der Waals surface area contributed by atoms with Gasteiger partial charge in [0.2, 0.25) is 0 Å². The minimum Gasteiger partial charge on any atom is -0.272 e. The number of carbonyl (C=O) groups excluding carboxylic acids is 3. The van der Waals surface area contributed by atoms with Crippen molar-refractivity contribution in [2.75, 3.05) is 0 Å². The molecule has 0 unspecified atom stereocenters. The Kier molecular flexibility index (Phi) is 5.24. The van der Waals surface area contributed by atoms with Crippen molar-refractivity contribution in [1.29, 1.82) is 0 Å². The molecule has 0 bridgehead atoms. The van der Waals surface area contributed by atoms with Crippen LogP contribution < -0.4 is 0 Å². The molecule has 1 aliphatic heterocycles. The molecule has 4 rings (SSSR count). The normalized spacial score (nSPS) is 21.0. The number of rotatable bonds is 4. The lowest BCUT2D eigenvalue weighted by molar-refractivity contribution is -0.155. The number of amides is 3. The molecule has 2 aromatic carbocycles. The molecule has 148 valence electrons. The minimum absolute atomic E-state index is 0.131. The van der Waals surface area contributed by atoms with Gasteiger partial charge in [-0.05, 0) is 49.6 Å². The van der Waals surface area contributed by atoms with E-state index in [2.05, 4.69) is 0 Å². The minimum atomic E-state index is -0.407. The Hall–Kier alpha value is -2.92. The highest BCUT2D eigenvalue weighted by atomic mass is 35.5. The zero-order valence-corrected chi connectivity index (χ0v) is 16.8. The molecule has 0 saturated carbocycles. The van der Waals surface area contributed by atoms with Gasteiger partial charge in [0, 0.05) is 10.6 Å². The lowest BCUT2D eigenvalue weighted by atomic mass is 9.82. The third-order valence-electron chi connectivity index (χ3n) is 5.54. The number of hydrogen-bond acceptors (Lipinski definition) is 3. The van der Waals surface area contributed by atoms with Crippen LogP contribution in [-0.2, 0) is 16.1 Å². The summed E-state index contributed by atoms with van der Waals surface area (Å²) in [6.45, 7) is 2.10.